The molecule has 1 fully saturated rings. The molecule has 0 saturated heterocycles. The molecule has 6 heteroatoms. The molecule has 3 atom stereocenters. The lowest BCUT2D eigenvalue weighted by atomic mass is 9.71. The third kappa shape index (κ3) is 3.17. The maximum Gasteiger partial charge on any atom is 0.227 e. The number of nitro groups is 1. The summed E-state index contributed by atoms with van der Waals surface area (Å²) in [7, 11) is 0. The maximum absolute atomic E-state index is 12.3. The Morgan fingerprint density at radius 2 is 1.50 bits per heavy atom. The van der Waals surface area contributed by atoms with Crippen molar-refractivity contribution < 1.29 is 9.72 Å². The number of carbonyl (C=O) groups excluding carboxylic acids is 1. The van der Waals surface area contributed by atoms with Crippen molar-refractivity contribution in [2.45, 2.75) is 30.7 Å². The maximum atomic E-state index is 12.3. The van der Waals surface area contributed by atoms with E-state index in [1.54, 1.807) is 18.2 Å². The molecule has 0 N–H and O–H groups in total. The molecule has 0 amide bonds. The number of benzene rings is 2. The Kier molecular flexibility index (Phi) is 4.88. The molecule has 1 saturated carbocycles. The fourth-order valence-electron chi connectivity index (χ4n) is 3.54. The summed E-state index contributed by atoms with van der Waals surface area (Å²) in [4.78, 5) is 23.9. The summed E-state index contributed by atoms with van der Waals surface area (Å²) in [6.45, 7) is 0. The van der Waals surface area contributed by atoms with Gasteiger partial charge in [-0.2, -0.15) is 0 Å². The van der Waals surface area contributed by atoms with Crippen molar-refractivity contribution in [1.82, 2.24) is 0 Å². The second kappa shape index (κ2) is 6.91. The lowest BCUT2D eigenvalue weighted by molar-refractivity contribution is -0.532. The average Bonchev–Trinajstić information content (AvgIpc) is 2.54. The molecule has 0 radical (unpaired) electrons. The van der Waals surface area contributed by atoms with Gasteiger partial charge in [0.1, 0.15) is 5.78 Å². The van der Waals surface area contributed by atoms with E-state index in [2.05, 4.69) is 0 Å². The van der Waals surface area contributed by atoms with Gasteiger partial charge in [-0.15, -0.1) is 0 Å². The Hall–Kier alpha value is -1.91. The van der Waals surface area contributed by atoms with Crippen LogP contribution in [0.3, 0.4) is 0 Å². The van der Waals surface area contributed by atoms with Gasteiger partial charge in [0.25, 0.3) is 0 Å². The fraction of sp³-hybridized carbons (Fsp3) is 0.278. The first-order valence-corrected chi connectivity index (χ1v) is 8.38. The van der Waals surface area contributed by atoms with E-state index in [0.717, 1.165) is 5.56 Å². The summed E-state index contributed by atoms with van der Waals surface area (Å²) >= 11 is 12.5. The first kappa shape index (κ1) is 16.9. The van der Waals surface area contributed by atoms with E-state index in [4.69, 9.17) is 23.2 Å². The van der Waals surface area contributed by atoms with Crippen molar-refractivity contribution in [1.29, 1.82) is 0 Å². The van der Waals surface area contributed by atoms with Crippen LogP contribution in [0, 0.1) is 10.1 Å². The molecule has 124 valence electrons. The average molecular weight is 364 g/mol. The number of rotatable bonds is 3. The van der Waals surface area contributed by atoms with E-state index < -0.39 is 17.9 Å². The number of carbonyl (C=O) groups is 1. The van der Waals surface area contributed by atoms with E-state index in [1.807, 2.05) is 30.3 Å². The molecule has 3 rings (SSSR count). The van der Waals surface area contributed by atoms with Gasteiger partial charge < -0.3 is 0 Å². The topological polar surface area (TPSA) is 60.2 Å². The zero-order valence-corrected chi connectivity index (χ0v) is 14.2. The van der Waals surface area contributed by atoms with E-state index >= 15 is 0 Å². The van der Waals surface area contributed by atoms with Gasteiger partial charge in [-0.3, -0.25) is 14.9 Å². The van der Waals surface area contributed by atoms with Crippen molar-refractivity contribution in [3.05, 3.63) is 79.8 Å². The fourth-order valence-corrected chi connectivity index (χ4v) is 4.22. The summed E-state index contributed by atoms with van der Waals surface area (Å²) in [5, 5.41) is 12.6. The first-order valence-electron chi connectivity index (χ1n) is 7.63. The van der Waals surface area contributed by atoms with Gasteiger partial charge in [0.15, 0.2) is 0 Å². The number of Topliss-reactive ketones (excluding diaryl/α,β-unsaturated/α-hetero) is 1. The molecule has 1 aliphatic rings. The first-order chi connectivity index (χ1) is 11.5. The Bertz CT molecular complexity index is 759. The van der Waals surface area contributed by atoms with Gasteiger partial charge >= 0.3 is 0 Å². The molecular weight excluding hydrogens is 349 g/mol. The van der Waals surface area contributed by atoms with Gasteiger partial charge in [-0.25, -0.2) is 0 Å². The summed E-state index contributed by atoms with van der Waals surface area (Å²) in [5.41, 5.74) is 1.29. The van der Waals surface area contributed by atoms with Gasteiger partial charge in [0.05, 0.1) is 11.8 Å². The van der Waals surface area contributed by atoms with Crippen LogP contribution in [-0.4, -0.2) is 16.7 Å². The summed E-state index contributed by atoms with van der Waals surface area (Å²) < 4.78 is 0. The zero-order chi connectivity index (χ0) is 17.3. The molecular formula is C18H15Cl2NO3. The van der Waals surface area contributed by atoms with E-state index in [1.165, 1.54) is 0 Å². The number of hydrogen-bond acceptors (Lipinski definition) is 3. The number of ketones is 1. The molecule has 1 aliphatic carbocycles. The van der Waals surface area contributed by atoms with Gasteiger partial charge in [-0.05, 0) is 23.3 Å². The highest BCUT2D eigenvalue weighted by atomic mass is 35.5. The van der Waals surface area contributed by atoms with E-state index in [-0.39, 0.29) is 23.5 Å². The third-order valence-electron chi connectivity index (χ3n) is 4.56. The molecule has 0 unspecified atom stereocenters. The molecule has 0 aromatic heterocycles. The van der Waals surface area contributed by atoms with Crippen molar-refractivity contribution in [3.63, 3.8) is 0 Å². The van der Waals surface area contributed by atoms with Crippen LogP contribution in [-0.2, 0) is 4.79 Å². The second-order valence-corrected chi connectivity index (χ2v) is 6.80. The van der Waals surface area contributed by atoms with Crippen LogP contribution in [0.1, 0.15) is 35.8 Å². The highest BCUT2D eigenvalue weighted by Crippen LogP contribution is 2.45. The van der Waals surface area contributed by atoms with Crippen molar-refractivity contribution in [3.8, 4) is 0 Å². The predicted molar refractivity (Wildman–Crippen MR) is 93.4 cm³/mol. The normalized spacial score (nSPS) is 23.9. The van der Waals surface area contributed by atoms with E-state index in [9.17, 15) is 14.9 Å². The minimum atomic E-state index is -0.942. The zero-order valence-electron chi connectivity index (χ0n) is 12.7. The predicted octanol–water partition coefficient (Wildman–Crippen LogP) is 4.87. The van der Waals surface area contributed by atoms with Crippen molar-refractivity contribution in [2.24, 2.45) is 0 Å². The standard InChI is InChI=1S/C18H15Cl2NO3/c19-15-7-4-8-16(20)17(15)14-10-12(22)9-13(18(14)21(23)24)11-5-2-1-3-6-11/h1-8,13-14,18H,9-10H2/t13-,14-,18+/m0/s1. The summed E-state index contributed by atoms with van der Waals surface area (Å²) in [6.07, 6.45) is 0.243. The molecule has 4 nitrogen and oxygen atoms in total. The minimum Gasteiger partial charge on any atom is -0.300 e. The highest BCUT2D eigenvalue weighted by molar-refractivity contribution is 6.36. The number of halogens is 2. The monoisotopic (exact) mass is 363 g/mol. The smallest absolute Gasteiger partial charge is 0.227 e. The third-order valence-corrected chi connectivity index (χ3v) is 5.22. The van der Waals surface area contributed by atoms with Gasteiger partial charge in [0.2, 0.25) is 6.04 Å². The van der Waals surface area contributed by atoms with Gasteiger partial charge in [0, 0.05) is 27.8 Å². The minimum absolute atomic E-state index is 0.0112. The van der Waals surface area contributed by atoms with Crippen LogP contribution in [0.2, 0.25) is 10.0 Å². The lowest BCUT2D eigenvalue weighted by Gasteiger charge is -2.32. The molecule has 0 spiro atoms. The quantitative estimate of drug-likeness (QED) is 0.577. The molecule has 2 aromatic carbocycles. The lowest BCUT2D eigenvalue weighted by Crippen LogP contribution is -2.40. The summed E-state index contributed by atoms with van der Waals surface area (Å²) in [5.74, 6) is -1.13. The molecule has 0 heterocycles. The number of nitrogens with zero attached hydrogens (tertiary/aromatic N) is 1. The Morgan fingerprint density at radius 1 is 0.917 bits per heavy atom. The summed E-state index contributed by atoms with van der Waals surface area (Å²) in [6, 6.07) is 13.2. The van der Waals surface area contributed by atoms with Crippen molar-refractivity contribution in [2.75, 3.05) is 0 Å². The Labute approximate surface area is 149 Å². The van der Waals surface area contributed by atoms with Crippen LogP contribution in [0.25, 0.3) is 0 Å². The molecule has 0 bridgehead atoms. The molecule has 0 aliphatic heterocycles. The van der Waals surface area contributed by atoms with Crippen LogP contribution in [0.5, 0.6) is 0 Å². The van der Waals surface area contributed by atoms with E-state index in [0.29, 0.717) is 15.6 Å². The SMILES string of the molecule is O=C1C[C@@H](c2ccccc2)[C@@H]([N+](=O)[O-])[C@H](c2c(Cl)cccc2Cl)C1. The van der Waals surface area contributed by atoms with Crippen LogP contribution in [0.15, 0.2) is 48.5 Å². The highest BCUT2D eigenvalue weighted by Gasteiger charge is 2.47. The molecule has 2 aromatic rings. The Balaban J connectivity index is 2.11. The van der Waals surface area contributed by atoms with Gasteiger partial charge in [-0.1, -0.05) is 59.6 Å². The van der Waals surface area contributed by atoms with Crippen molar-refractivity contribution >= 4 is 29.0 Å². The number of hydrogen-bond donors (Lipinski definition) is 0. The molecule has 24 heavy (non-hydrogen) atoms. The van der Waals surface area contributed by atoms with Crippen LogP contribution in [0.4, 0.5) is 0 Å². The van der Waals surface area contributed by atoms with Crippen LogP contribution >= 0.6 is 23.2 Å². The van der Waals surface area contributed by atoms with Crippen LogP contribution < -0.4 is 0 Å². The second-order valence-electron chi connectivity index (χ2n) is 5.98. The Morgan fingerprint density at radius 3 is 2.08 bits per heavy atom. The largest absolute Gasteiger partial charge is 0.300 e.